The maximum Gasteiger partial charge on any atom is 1.00 e. The van der Waals surface area contributed by atoms with Crippen LogP contribution in [0.1, 0.15) is 47.0 Å². The zero-order valence-electron chi connectivity index (χ0n) is 21.9. The molecule has 7 nitrogen and oxygen atoms in total. The Kier molecular flexibility index (Phi) is 9.40. The summed E-state index contributed by atoms with van der Waals surface area (Å²) in [5.41, 5.74) is 0.607. The summed E-state index contributed by atoms with van der Waals surface area (Å²) in [6, 6.07) is 12.3. The number of aliphatic hydroxyl groups is 1. The van der Waals surface area contributed by atoms with Gasteiger partial charge < -0.3 is 24.2 Å². The van der Waals surface area contributed by atoms with Crippen LogP contribution in [0, 0.1) is 17.8 Å². The standard InChI is InChI=1S/C29H32O7.Na/c1-15(25(17(3)30)18(4)31)19-10-7-13-23(26(19)16(2)28(32)33)35-24-14-8-11-21-27(24)20-9-5-6-12-22(20)36-29(21)34;/h5-6,8-9,11-12,14-15,17,19,23,25,30H,7,10,13H2,1-4H3,(H,32,33);/q;+1/p-1/b26-16-;/t15?,17?,19?,23-,25?;/m0./s1. The second-order valence-corrected chi connectivity index (χ2v) is 9.81. The van der Waals surface area contributed by atoms with Crippen LogP contribution in [-0.2, 0) is 9.59 Å². The number of fused-ring (bicyclic) bond motifs is 3. The Balaban J connectivity index is 0.00000380. The molecule has 5 atom stereocenters. The maximum atomic E-state index is 12.7. The van der Waals surface area contributed by atoms with Gasteiger partial charge in [-0.15, -0.1) is 0 Å². The van der Waals surface area contributed by atoms with E-state index in [2.05, 4.69) is 0 Å². The molecule has 0 saturated heterocycles. The van der Waals surface area contributed by atoms with Crippen molar-refractivity contribution in [3.63, 3.8) is 0 Å². The number of carbonyl (C=O) groups excluding carboxylic acids is 2. The largest absolute Gasteiger partial charge is 1.00 e. The SMILES string of the molecule is CC(=O)C(C(C)O)C(C)C1CCC[C@H](Oc2cccc3c(=O)oc4ccccc4c23)/C1=C(/C)C(=O)[O-].[Na+]. The Morgan fingerprint density at radius 2 is 1.73 bits per heavy atom. The molecule has 1 fully saturated rings. The van der Waals surface area contributed by atoms with Gasteiger partial charge in [-0.2, -0.15) is 0 Å². The Bertz CT molecular complexity index is 1400. The first-order valence-electron chi connectivity index (χ1n) is 12.3. The van der Waals surface area contributed by atoms with Crippen molar-refractivity contribution in [3.05, 3.63) is 64.0 Å². The summed E-state index contributed by atoms with van der Waals surface area (Å²) >= 11 is 0. The van der Waals surface area contributed by atoms with E-state index in [9.17, 15) is 24.6 Å². The number of ether oxygens (including phenoxy) is 1. The minimum Gasteiger partial charge on any atom is -0.545 e. The first-order valence-corrected chi connectivity index (χ1v) is 12.3. The van der Waals surface area contributed by atoms with Gasteiger partial charge in [0.25, 0.3) is 0 Å². The summed E-state index contributed by atoms with van der Waals surface area (Å²) in [5, 5.41) is 24.1. The van der Waals surface area contributed by atoms with Gasteiger partial charge in [0.2, 0.25) is 0 Å². The molecule has 1 heterocycles. The molecule has 0 spiro atoms. The number of aliphatic hydroxyl groups excluding tert-OH is 1. The predicted octanol–water partition coefficient (Wildman–Crippen LogP) is 0.786. The molecule has 0 aliphatic heterocycles. The molecule has 3 aromatic rings. The van der Waals surface area contributed by atoms with E-state index >= 15 is 0 Å². The Labute approximate surface area is 237 Å². The van der Waals surface area contributed by atoms with Crippen molar-refractivity contribution in [3.8, 4) is 5.75 Å². The second kappa shape index (κ2) is 11.9. The predicted molar refractivity (Wildman–Crippen MR) is 134 cm³/mol. The van der Waals surface area contributed by atoms with Crippen molar-refractivity contribution in [2.45, 2.75) is 59.2 Å². The summed E-state index contributed by atoms with van der Waals surface area (Å²) in [6.07, 6.45) is 0.522. The Morgan fingerprint density at radius 3 is 2.38 bits per heavy atom. The van der Waals surface area contributed by atoms with Gasteiger partial charge in [0.15, 0.2) is 0 Å². The monoisotopic (exact) mass is 514 g/mol. The third kappa shape index (κ3) is 5.70. The molecule has 1 aliphatic rings. The average molecular weight is 515 g/mol. The summed E-state index contributed by atoms with van der Waals surface area (Å²) in [5.74, 6) is -2.21. The number of hydrogen-bond donors (Lipinski definition) is 1. The van der Waals surface area contributed by atoms with Crippen molar-refractivity contribution in [1.82, 2.24) is 0 Å². The molecule has 2 aromatic carbocycles. The molecule has 0 radical (unpaired) electrons. The van der Waals surface area contributed by atoms with Crippen LogP contribution in [0.5, 0.6) is 5.75 Å². The molecule has 8 heteroatoms. The maximum absolute atomic E-state index is 12.7. The van der Waals surface area contributed by atoms with Crippen LogP contribution in [0.15, 0.2) is 62.8 Å². The van der Waals surface area contributed by atoms with Crippen LogP contribution in [0.3, 0.4) is 0 Å². The normalized spacial score (nSPS) is 21.5. The van der Waals surface area contributed by atoms with Gasteiger partial charge in [0.1, 0.15) is 23.2 Å². The fraction of sp³-hybridized carbons (Fsp3) is 0.414. The van der Waals surface area contributed by atoms with Gasteiger partial charge in [0, 0.05) is 16.7 Å². The average Bonchev–Trinajstić information content (AvgIpc) is 2.83. The first-order chi connectivity index (χ1) is 17.1. The van der Waals surface area contributed by atoms with E-state index < -0.39 is 29.7 Å². The number of hydrogen-bond acceptors (Lipinski definition) is 7. The van der Waals surface area contributed by atoms with Gasteiger partial charge in [-0.1, -0.05) is 31.2 Å². The van der Waals surface area contributed by atoms with Crippen LogP contribution in [0.25, 0.3) is 21.7 Å². The molecule has 4 rings (SSSR count). The topological polar surface area (TPSA) is 117 Å². The zero-order valence-corrected chi connectivity index (χ0v) is 23.9. The molecule has 1 aliphatic carbocycles. The van der Waals surface area contributed by atoms with E-state index in [4.69, 9.17) is 9.15 Å². The van der Waals surface area contributed by atoms with Crippen LogP contribution in [0.4, 0.5) is 0 Å². The molecular weight excluding hydrogens is 483 g/mol. The zero-order chi connectivity index (χ0) is 26.1. The minimum absolute atomic E-state index is 0. The van der Waals surface area contributed by atoms with E-state index in [0.717, 1.165) is 11.8 Å². The number of carboxylic acid groups (broad SMARTS) is 1. The van der Waals surface area contributed by atoms with Crippen molar-refractivity contribution >= 4 is 33.5 Å². The summed E-state index contributed by atoms with van der Waals surface area (Å²) in [4.78, 5) is 37.1. The molecule has 0 amide bonds. The first kappa shape index (κ1) is 29.1. The molecular formula is C29H31NaO7. The van der Waals surface area contributed by atoms with E-state index in [1.807, 2.05) is 19.1 Å². The number of para-hydroxylation sites is 1. The van der Waals surface area contributed by atoms with Gasteiger partial charge in [-0.25, -0.2) is 4.79 Å². The summed E-state index contributed by atoms with van der Waals surface area (Å²) in [6.45, 7) is 6.42. The number of carboxylic acids is 1. The van der Waals surface area contributed by atoms with Crippen LogP contribution in [-0.4, -0.2) is 29.1 Å². The van der Waals surface area contributed by atoms with Crippen LogP contribution >= 0.6 is 0 Å². The minimum atomic E-state index is -1.29. The van der Waals surface area contributed by atoms with Gasteiger partial charge in [-0.05, 0) is 81.2 Å². The van der Waals surface area contributed by atoms with E-state index in [-0.39, 0.29) is 52.7 Å². The molecule has 1 saturated carbocycles. The number of benzene rings is 2. The van der Waals surface area contributed by atoms with Gasteiger partial charge in [0.05, 0.1) is 17.5 Å². The third-order valence-electron chi connectivity index (χ3n) is 7.53. The number of aliphatic carboxylic acids is 1. The quantitative estimate of drug-likeness (QED) is 0.214. The second-order valence-electron chi connectivity index (χ2n) is 9.81. The molecule has 190 valence electrons. The molecule has 0 bridgehead atoms. The Hall–Kier alpha value is -2.45. The van der Waals surface area contributed by atoms with Crippen LogP contribution in [0.2, 0.25) is 0 Å². The van der Waals surface area contributed by atoms with Crippen molar-refractivity contribution in [2.24, 2.45) is 17.8 Å². The van der Waals surface area contributed by atoms with Crippen LogP contribution < -0.4 is 45.0 Å². The van der Waals surface area contributed by atoms with Gasteiger partial charge >= 0.3 is 35.2 Å². The molecule has 37 heavy (non-hydrogen) atoms. The van der Waals surface area contributed by atoms with Gasteiger partial charge in [-0.3, -0.25) is 4.79 Å². The van der Waals surface area contributed by atoms with Crippen molar-refractivity contribution < 1.29 is 58.5 Å². The summed E-state index contributed by atoms with van der Waals surface area (Å²) in [7, 11) is 0. The number of rotatable bonds is 7. The fourth-order valence-corrected chi connectivity index (χ4v) is 5.93. The van der Waals surface area contributed by atoms with Crippen molar-refractivity contribution in [2.75, 3.05) is 0 Å². The number of carbonyl (C=O) groups is 2. The third-order valence-corrected chi connectivity index (χ3v) is 7.53. The van der Waals surface area contributed by atoms with E-state index in [0.29, 0.717) is 40.5 Å². The van der Waals surface area contributed by atoms with E-state index in [1.165, 1.54) is 13.8 Å². The van der Waals surface area contributed by atoms with Crippen molar-refractivity contribution in [1.29, 1.82) is 0 Å². The fourth-order valence-electron chi connectivity index (χ4n) is 5.93. The Morgan fingerprint density at radius 1 is 1.05 bits per heavy atom. The number of ketones is 1. The smallest absolute Gasteiger partial charge is 0.545 e. The van der Waals surface area contributed by atoms with E-state index in [1.54, 1.807) is 37.3 Å². The molecule has 1 N–H and O–H groups in total. The number of Topliss-reactive ketones (excluding diaryl/α,β-unsaturated/α-hetero) is 1. The summed E-state index contributed by atoms with van der Waals surface area (Å²) < 4.78 is 12.0. The molecule has 4 unspecified atom stereocenters. The molecule has 1 aromatic heterocycles.